The molecule has 0 unspecified atom stereocenters. The summed E-state index contributed by atoms with van der Waals surface area (Å²) in [4.78, 5) is 0. The molecule has 0 spiro atoms. The normalized spacial score (nSPS) is 15.8. The fourth-order valence-electron chi connectivity index (χ4n) is 0.589. The number of rotatable bonds is 0. The molecule has 0 amide bonds. The van der Waals surface area contributed by atoms with Crippen LogP contribution in [-0.2, 0) is 15.1 Å². The third-order valence-corrected chi connectivity index (χ3v) is 0.908. The molecule has 0 heterocycles. The third-order valence-electron chi connectivity index (χ3n) is 0.908. The van der Waals surface area contributed by atoms with Gasteiger partial charge < -0.3 is 0 Å². The standard InChI is InChI=1S/C5H8.2ClH.Rh/c1-2-4-5-3-1;;;/h1-2H,3-5H2;2*1H;/q;;;+2/p-2. The molecule has 0 saturated heterocycles. The molecular weight excluding hydrogens is 234 g/mol. The Morgan fingerprint density at radius 2 is 1.50 bits per heavy atom. The molecule has 0 atom stereocenters. The minimum absolute atomic E-state index is 0.226. The first-order valence-electron chi connectivity index (χ1n) is 2.40. The molecule has 0 N–H and O–H groups in total. The van der Waals surface area contributed by atoms with Crippen molar-refractivity contribution < 1.29 is 15.1 Å². The predicted molar refractivity (Wildman–Crippen MR) is 34.7 cm³/mol. The van der Waals surface area contributed by atoms with Crippen LogP contribution in [0.25, 0.3) is 0 Å². The van der Waals surface area contributed by atoms with Crippen molar-refractivity contribution in [2.75, 3.05) is 0 Å². The maximum absolute atomic E-state index is 4.83. The van der Waals surface area contributed by atoms with Gasteiger partial charge in [0.15, 0.2) is 0 Å². The van der Waals surface area contributed by atoms with Gasteiger partial charge in [0.2, 0.25) is 0 Å². The maximum atomic E-state index is 4.83. The second-order valence-corrected chi connectivity index (χ2v) is 3.94. The van der Waals surface area contributed by atoms with Crippen LogP contribution in [0.15, 0.2) is 12.2 Å². The van der Waals surface area contributed by atoms with Gasteiger partial charge in [-0.3, -0.25) is 0 Å². The van der Waals surface area contributed by atoms with E-state index >= 15 is 0 Å². The van der Waals surface area contributed by atoms with Crippen molar-refractivity contribution in [2.45, 2.75) is 19.3 Å². The summed E-state index contributed by atoms with van der Waals surface area (Å²) in [6, 6.07) is 0. The van der Waals surface area contributed by atoms with Crippen LogP contribution >= 0.6 is 19.4 Å². The van der Waals surface area contributed by atoms with Crippen LogP contribution in [0.2, 0.25) is 0 Å². The Morgan fingerprint density at radius 3 is 1.62 bits per heavy atom. The monoisotopic (exact) mass is 241 g/mol. The van der Waals surface area contributed by atoms with Gasteiger partial charge >= 0.3 is 34.5 Å². The van der Waals surface area contributed by atoms with Crippen molar-refractivity contribution in [3.05, 3.63) is 12.2 Å². The van der Waals surface area contributed by atoms with Gasteiger partial charge in [-0.2, -0.15) is 0 Å². The van der Waals surface area contributed by atoms with Crippen LogP contribution in [0.4, 0.5) is 0 Å². The third kappa shape index (κ3) is 6.94. The summed E-state index contributed by atoms with van der Waals surface area (Å²) in [5.74, 6) is 0. The number of allylic oxidation sites excluding steroid dienone is 2. The summed E-state index contributed by atoms with van der Waals surface area (Å²) >= 11 is -0.226. The molecular formula is C5H8Cl2Rh. The Labute approximate surface area is 65.9 Å². The summed E-state index contributed by atoms with van der Waals surface area (Å²) < 4.78 is 0. The zero-order chi connectivity index (χ0) is 6.24. The fraction of sp³-hybridized carbons (Fsp3) is 0.600. The van der Waals surface area contributed by atoms with E-state index < -0.39 is 0 Å². The summed E-state index contributed by atoms with van der Waals surface area (Å²) in [5, 5.41) is 0. The summed E-state index contributed by atoms with van der Waals surface area (Å²) in [5.41, 5.74) is 0. The Morgan fingerprint density at radius 1 is 1.12 bits per heavy atom. The topological polar surface area (TPSA) is 0 Å². The number of halogens is 2. The quantitative estimate of drug-likeness (QED) is 0.452. The van der Waals surface area contributed by atoms with Crippen molar-refractivity contribution in [1.82, 2.24) is 0 Å². The SMILES string of the molecule is C1=CCCC1.[Cl][Rh][Cl]. The molecule has 0 aromatic heterocycles. The van der Waals surface area contributed by atoms with E-state index in [1.807, 2.05) is 0 Å². The zero-order valence-electron chi connectivity index (χ0n) is 4.37. The van der Waals surface area contributed by atoms with Crippen molar-refractivity contribution in [1.29, 1.82) is 0 Å². The van der Waals surface area contributed by atoms with Gasteiger partial charge in [-0.25, -0.2) is 0 Å². The van der Waals surface area contributed by atoms with E-state index in [1.165, 1.54) is 19.3 Å². The first kappa shape index (κ1) is 8.94. The first-order chi connectivity index (χ1) is 3.91. The van der Waals surface area contributed by atoms with Gasteiger partial charge in [-0.1, -0.05) is 12.2 Å². The summed E-state index contributed by atoms with van der Waals surface area (Å²) in [6.07, 6.45) is 8.50. The predicted octanol–water partition coefficient (Wildman–Crippen LogP) is 3.10. The molecule has 1 aliphatic carbocycles. The molecule has 1 aliphatic rings. The van der Waals surface area contributed by atoms with E-state index in [0.29, 0.717) is 0 Å². The van der Waals surface area contributed by atoms with Crippen LogP contribution in [-0.4, -0.2) is 0 Å². The second-order valence-electron chi connectivity index (χ2n) is 1.45. The molecule has 3 heteroatoms. The van der Waals surface area contributed by atoms with Gasteiger partial charge in [0.1, 0.15) is 0 Å². The Kier molecular flexibility index (Phi) is 8.88. The Balaban J connectivity index is 0.000000145. The molecule has 0 aliphatic heterocycles. The minimum atomic E-state index is -0.226. The van der Waals surface area contributed by atoms with Gasteiger partial charge in [0, 0.05) is 0 Å². The van der Waals surface area contributed by atoms with E-state index in [4.69, 9.17) is 19.4 Å². The van der Waals surface area contributed by atoms with E-state index in [1.54, 1.807) is 0 Å². The Bertz CT molecular complexity index is 57.4. The molecule has 0 radical (unpaired) electrons. The molecule has 0 aromatic carbocycles. The van der Waals surface area contributed by atoms with Gasteiger partial charge in [-0.15, -0.1) is 0 Å². The molecule has 0 nitrogen and oxygen atoms in total. The van der Waals surface area contributed by atoms with Crippen LogP contribution in [0.1, 0.15) is 19.3 Å². The number of hydrogen-bond donors (Lipinski definition) is 0. The van der Waals surface area contributed by atoms with Gasteiger partial charge in [-0.05, 0) is 19.3 Å². The molecule has 0 fully saturated rings. The summed E-state index contributed by atoms with van der Waals surface area (Å²) in [6.45, 7) is 0. The zero-order valence-corrected chi connectivity index (χ0v) is 7.52. The van der Waals surface area contributed by atoms with Crippen LogP contribution in [0.5, 0.6) is 0 Å². The number of hydrogen-bond acceptors (Lipinski definition) is 0. The van der Waals surface area contributed by atoms with E-state index in [-0.39, 0.29) is 15.1 Å². The van der Waals surface area contributed by atoms with Gasteiger partial charge in [0.05, 0.1) is 0 Å². The van der Waals surface area contributed by atoms with Crippen molar-refractivity contribution >= 4 is 19.4 Å². The Hall–Kier alpha value is 0.943. The van der Waals surface area contributed by atoms with Crippen LogP contribution in [0.3, 0.4) is 0 Å². The van der Waals surface area contributed by atoms with Gasteiger partial charge in [0.25, 0.3) is 0 Å². The van der Waals surface area contributed by atoms with Crippen molar-refractivity contribution in [3.63, 3.8) is 0 Å². The summed E-state index contributed by atoms with van der Waals surface area (Å²) in [7, 11) is 9.67. The van der Waals surface area contributed by atoms with Crippen LogP contribution < -0.4 is 0 Å². The molecule has 51 valence electrons. The van der Waals surface area contributed by atoms with Crippen LogP contribution in [0, 0.1) is 0 Å². The molecule has 0 bridgehead atoms. The fourth-order valence-corrected chi connectivity index (χ4v) is 0.589. The second kappa shape index (κ2) is 7.94. The van der Waals surface area contributed by atoms with E-state index in [9.17, 15) is 0 Å². The van der Waals surface area contributed by atoms with E-state index in [2.05, 4.69) is 12.2 Å². The average Bonchev–Trinajstić information content (AvgIpc) is 2.17. The van der Waals surface area contributed by atoms with E-state index in [0.717, 1.165) is 0 Å². The molecule has 0 aromatic rings. The molecule has 0 saturated carbocycles. The molecule has 8 heavy (non-hydrogen) atoms. The first-order valence-corrected chi connectivity index (χ1v) is 6.62. The van der Waals surface area contributed by atoms with Crippen molar-refractivity contribution in [2.24, 2.45) is 0 Å². The molecule has 1 rings (SSSR count). The van der Waals surface area contributed by atoms with Crippen molar-refractivity contribution in [3.8, 4) is 0 Å². The average molecular weight is 242 g/mol.